The Morgan fingerprint density at radius 2 is 1.06 bits per heavy atom. The van der Waals surface area contributed by atoms with Crippen molar-refractivity contribution in [3.8, 4) is 0 Å². The minimum absolute atomic E-state index is 0.864. The predicted octanol–water partition coefficient (Wildman–Crippen LogP) is -1.00. The van der Waals surface area contributed by atoms with E-state index in [-0.39, 0.29) is 0 Å². The molecule has 2 unspecified atom stereocenters. The molecular weight excluding hydrogens is 256 g/mol. The minimum atomic E-state index is -2.95. The molecule has 0 rings (SSSR count). The topological polar surface area (TPSA) is 130 Å². The molecule has 10 heteroatoms. The molecular formula is C8H14O10. The monoisotopic (exact) mass is 270 g/mol. The van der Waals surface area contributed by atoms with Crippen molar-refractivity contribution in [2.24, 2.45) is 0 Å². The Morgan fingerprint density at radius 3 is 1.17 bits per heavy atom. The van der Waals surface area contributed by atoms with Crippen LogP contribution in [0.2, 0.25) is 0 Å². The van der Waals surface area contributed by atoms with Gasteiger partial charge in [0.05, 0.1) is 14.2 Å². The molecule has 0 aliphatic heterocycles. The summed E-state index contributed by atoms with van der Waals surface area (Å²) in [6.07, 6.45) is 0. The van der Waals surface area contributed by atoms with E-state index in [1.807, 2.05) is 0 Å². The summed E-state index contributed by atoms with van der Waals surface area (Å²) in [5.74, 6) is -9.63. The van der Waals surface area contributed by atoms with Crippen molar-refractivity contribution in [2.75, 3.05) is 28.4 Å². The molecule has 106 valence electrons. The zero-order valence-electron chi connectivity index (χ0n) is 10.2. The van der Waals surface area contributed by atoms with Crippen LogP contribution >= 0.6 is 0 Å². The molecule has 0 fully saturated rings. The van der Waals surface area contributed by atoms with E-state index < -0.39 is 23.5 Å². The first-order valence-corrected chi connectivity index (χ1v) is 4.39. The van der Waals surface area contributed by atoms with E-state index in [2.05, 4.69) is 29.0 Å². The molecule has 0 bridgehead atoms. The fourth-order valence-electron chi connectivity index (χ4n) is 1.21. The molecule has 10 nitrogen and oxygen atoms in total. The fourth-order valence-corrected chi connectivity index (χ4v) is 1.21. The van der Waals surface area contributed by atoms with Crippen molar-refractivity contribution in [2.45, 2.75) is 11.6 Å². The molecule has 0 radical (unpaired) electrons. The van der Waals surface area contributed by atoms with E-state index >= 15 is 0 Å². The molecule has 2 N–H and O–H groups in total. The Hall–Kier alpha value is -1.30. The van der Waals surface area contributed by atoms with Crippen LogP contribution < -0.4 is 0 Å². The van der Waals surface area contributed by atoms with Crippen LogP contribution in [0.4, 0.5) is 0 Å². The molecule has 0 aromatic carbocycles. The number of methoxy groups -OCH3 is 2. The van der Waals surface area contributed by atoms with Crippen LogP contribution in [0, 0.1) is 0 Å². The van der Waals surface area contributed by atoms with Crippen molar-refractivity contribution < 1.29 is 48.8 Å². The van der Waals surface area contributed by atoms with Gasteiger partial charge in [-0.3, -0.25) is 0 Å². The lowest BCUT2D eigenvalue weighted by Gasteiger charge is -2.37. The van der Waals surface area contributed by atoms with Crippen LogP contribution in [0.15, 0.2) is 0 Å². The van der Waals surface area contributed by atoms with Crippen LogP contribution in [0.3, 0.4) is 0 Å². The van der Waals surface area contributed by atoms with Gasteiger partial charge in [-0.15, -0.1) is 0 Å². The third kappa shape index (κ3) is 2.43. The van der Waals surface area contributed by atoms with Crippen molar-refractivity contribution in [1.29, 1.82) is 0 Å². The molecule has 0 heterocycles. The van der Waals surface area contributed by atoms with Gasteiger partial charge < -0.3 is 19.7 Å². The van der Waals surface area contributed by atoms with E-state index in [1.54, 1.807) is 0 Å². The van der Waals surface area contributed by atoms with Crippen molar-refractivity contribution in [1.82, 2.24) is 0 Å². The standard InChI is InChI=1S/C8H14O10/c1-13-7(5(9)10,17-15-3)8(14-2,6(11)12)18-16-4/h1-4H3,(H,9,10)(H,11,12). The quantitative estimate of drug-likeness (QED) is 0.305. The number of carboxylic acid groups (broad SMARTS) is 2. The van der Waals surface area contributed by atoms with Gasteiger partial charge in [-0.2, -0.15) is 9.78 Å². The number of rotatable bonds is 9. The summed E-state index contributed by atoms with van der Waals surface area (Å²) in [6.45, 7) is 0. The van der Waals surface area contributed by atoms with Crippen LogP contribution in [0.1, 0.15) is 0 Å². The van der Waals surface area contributed by atoms with E-state index in [0.717, 1.165) is 28.4 Å². The van der Waals surface area contributed by atoms with Gasteiger partial charge in [-0.1, -0.05) is 0 Å². The molecule has 2 atom stereocenters. The van der Waals surface area contributed by atoms with E-state index in [4.69, 9.17) is 10.2 Å². The number of hydrogen-bond acceptors (Lipinski definition) is 8. The Bertz CT molecular complexity index is 274. The number of ether oxygens (including phenoxy) is 2. The second-order valence-corrected chi connectivity index (χ2v) is 2.75. The molecule has 0 aromatic rings. The second-order valence-electron chi connectivity index (χ2n) is 2.75. The molecule has 0 aromatic heterocycles. The Morgan fingerprint density at radius 1 is 0.778 bits per heavy atom. The highest BCUT2D eigenvalue weighted by Gasteiger charge is 2.70. The van der Waals surface area contributed by atoms with Gasteiger partial charge in [-0.25, -0.2) is 19.4 Å². The molecule has 0 saturated heterocycles. The van der Waals surface area contributed by atoms with Gasteiger partial charge in [0.2, 0.25) is 0 Å². The first-order valence-electron chi connectivity index (χ1n) is 4.39. The van der Waals surface area contributed by atoms with Gasteiger partial charge >= 0.3 is 23.5 Å². The number of hydrogen-bond donors (Lipinski definition) is 2. The maximum Gasteiger partial charge on any atom is 0.374 e. The first-order chi connectivity index (χ1) is 8.38. The van der Waals surface area contributed by atoms with E-state index in [1.165, 1.54) is 0 Å². The summed E-state index contributed by atoms with van der Waals surface area (Å²) >= 11 is 0. The average Bonchev–Trinajstić information content (AvgIpc) is 2.32. The Kier molecular flexibility index (Phi) is 6.11. The third-order valence-corrected chi connectivity index (χ3v) is 1.97. The SMILES string of the molecule is COOC(OC)(C(=O)O)C(OC)(OOC)C(=O)O. The molecule has 0 spiro atoms. The van der Waals surface area contributed by atoms with Gasteiger partial charge in [-0.05, 0) is 0 Å². The van der Waals surface area contributed by atoms with E-state index in [9.17, 15) is 9.59 Å². The summed E-state index contributed by atoms with van der Waals surface area (Å²) < 4.78 is 9.10. The number of carboxylic acids is 2. The predicted molar refractivity (Wildman–Crippen MR) is 50.9 cm³/mol. The number of aliphatic carboxylic acids is 2. The van der Waals surface area contributed by atoms with Gasteiger partial charge in [0, 0.05) is 14.2 Å². The molecule has 0 aliphatic carbocycles. The highest BCUT2D eigenvalue weighted by Crippen LogP contribution is 2.33. The lowest BCUT2D eigenvalue weighted by Crippen LogP contribution is -2.68. The smallest absolute Gasteiger partial charge is 0.374 e. The second kappa shape index (κ2) is 6.58. The highest BCUT2D eigenvalue weighted by molar-refractivity contribution is 5.88. The van der Waals surface area contributed by atoms with Crippen LogP contribution in [0.5, 0.6) is 0 Å². The molecule has 18 heavy (non-hydrogen) atoms. The van der Waals surface area contributed by atoms with Crippen LogP contribution in [0.25, 0.3) is 0 Å². The fraction of sp³-hybridized carbons (Fsp3) is 0.750. The van der Waals surface area contributed by atoms with Gasteiger partial charge in [0.1, 0.15) is 0 Å². The first kappa shape index (κ1) is 16.7. The molecule has 0 saturated carbocycles. The summed E-state index contributed by atoms with van der Waals surface area (Å²) in [4.78, 5) is 39.6. The zero-order valence-corrected chi connectivity index (χ0v) is 10.2. The third-order valence-electron chi connectivity index (χ3n) is 1.97. The number of carbonyl (C=O) groups is 2. The maximum atomic E-state index is 11.2. The molecule has 0 aliphatic rings. The zero-order chi connectivity index (χ0) is 14.4. The van der Waals surface area contributed by atoms with E-state index in [0.29, 0.717) is 0 Å². The lowest BCUT2D eigenvalue weighted by molar-refractivity contribution is -0.514. The van der Waals surface area contributed by atoms with Crippen LogP contribution in [-0.2, 0) is 38.6 Å². The minimum Gasteiger partial charge on any atom is -0.477 e. The largest absolute Gasteiger partial charge is 0.477 e. The Balaban J connectivity index is 5.88. The summed E-state index contributed by atoms with van der Waals surface area (Å²) in [5.41, 5.74) is 0. The molecule has 0 amide bonds. The summed E-state index contributed by atoms with van der Waals surface area (Å²) in [7, 11) is 3.63. The Labute approximate surface area is 102 Å². The van der Waals surface area contributed by atoms with Crippen molar-refractivity contribution >= 4 is 11.9 Å². The van der Waals surface area contributed by atoms with Gasteiger partial charge in [0.15, 0.2) is 0 Å². The lowest BCUT2D eigenvalue weighted by atomic mass is 10.1. The van der Waals surface area contributed by atoms with Crippen LogP contribution in [-0.4, -0.2) is 62.2 Å². The highest BCUT2D eigenvalue weighted by atomic mass is 17.3. The van der Waals surface area contributed by atoms with Crippen molar-refractivity contribution in [3.63, 3.8) is 0 Å². The van der Waals surface area contributed by atoms with Crippen molar-refractivity contribution in [3.05, 3.63) is 0 Å². The maximum absolute atomic E-state index is 11.2. The average molecular weight is 270 g/mol. The van der Waals surface area contributed by atoms with Gasteiger partial charge in [0.25, 0.3) is 0 Å². The normalized spacial score (nSPS) is 17.8. The summed E-state index contributed by atoms with van der Waals surface area (Å²) in [6, 6.07) is 0. The summed E-state index contributed by atoms with van der Waals surface area (Å²) in [5, 5.41) is 18.2.